The molecule has 2 aromatic heterocycles. The van der Waals surface area contributed by atoms with Crippen molar-refractivity contribution in [3.63, 3.8) is 0 Å². The van der Waals surface area contributed by atoms with Gasteiger partial charge in [0, 0.05) is 14.2 Å². The summed E-state index contributed by atoms with van der Waals surface area (Å²) >= 11 is 0. The highest BCUT2D eigenvalue weighted by molar-refractivity contribution is 5.82. The second kappa shape index (κ2) is 6.24. The zero-order valence-corrected chi connectivity index (χ0v) is 13.3. The van der Waals surface area contributed by atoms with E-state index in [0.29, 0.717) is 17.8 Å². The van der Waals surface area contributed by atoms with Crippen LogP contribution < -0.4 is 16.8 Å². The van der Waals surface area contributed by atoms with Crippen LogP contribution in [0.5, 0.6) is 0 Å². The minimum absolute atomic E-state index is 0.0427. The Morgan fingerprint density at radius 1 is 1.35 bits per heavy atom. The van der Waals surface area contributed by atoms with Crippen LogP contribution in [0.1, 0.15) is 6.23 Å². The fourth-order valence-corrected chi connectivity index (χ4v) is 3.02. The Hall–Kier alpha value is -2.01. The lowest BCUT2D eigenvalue weighted by Gasteiger charge is -2.22. The Balaban J connectivity index is 2.03. The van der Waals surface area contributed by atoms with Gasteiger partial charge < -0.3 is 31.0 Å². The smallest absolute Gasteiger partial charge is 0.224 e. The molecule has 1 fully saturated rings. The summed E-state index contributed by atoms with van der Waals surface area (Å²) in [7, 11) is 5.12. The molecule has 3 heterocycles. The Labute approximate surface area is 133 Å². The predicted octanol–water partition coefficient (Wildman–Crippen LogP) is -0.862. The number of hydrogen-bond acceptors (Lipinski definition) is 9. The van der Waals surface area contributed by atoms with Gasteiger partial charge in [-0.25, -0.2) is 4.98 Å². The van der Waals surface area contributed by atoms with Crippen LogP contribution in [-0.2, 0) is 14.2 Å². The van der Waals surface area contributed by atoms with Gasteiger partial charge in [0.2, 0.25) is 5.95 Å². The van der Waals surface area contributed by atoms with Crippen LogP contribution in [0.3, 0.4) is 0 Å². The molecule has 5 N–H and O–H groups in total. The number of ether oxygens (including phenoxy) is 3. The summed E-state index contributed by atoms with van der Waals surface area (Å²) in [5.74, 6) is 0.319. The Bertz CT molecular complexity index is 692. The third-order valence-corrected chi connectivity index (χ3v) is 4.03. The molecule has 126 valence electrons. The predicted molar refractivity (Wildman–Crippen MR) is 83.6 cm³/mol. The van der Waals surface area contributed by atoms with Crippen LogP contribution in [0.15, 0.2) is 6.33 Å². The van der Waals surface area contributed by atoms with Crippen molar-refractivity contribution in [1.82, 2.24) is 24.8 Å². The number of anilines is 2. The van der Waals surface area contributed by atoms with Gasteiger partial charge in [-0.2, -0.15) is 9.97 Å². The summed E-state index contributed by atoms with van der Waals surface area (Å²) in [6.45, 7) is 0.438. The highest BCUT2D eigenvalue weighted by Gasteiger charge is 2.45. The van der Waals surface area contributed by atoms with Gasteiger partial charge >= 0.3 is 0 Å². The van der Waals surface area contributed by atoms with Crippen molar-refractivity contribution in [2.45, 2.75) is 24.5 Å². The normalized spacial score (nSPS) is 27.8. The number of likely N-dealkylation sites (N-methyl/N-ethyl adjacent to an activating group) is 1. The fourth-order valence-electron chi connectivity index (χ4n) is 3.02. The average molecular weight is 323 g/mol. The maximum atomic E-state index is 6.11. The third kappa shape index (κ3) is 2.59. The molecule has 10 heteroatoms. The van der Waals surface area contributed by atoms with Crippen LogP contribution in [0.4, 0.5) is 11.8 Å². The lowest BCUT2D eigenvalue weighted by Crippen LogP contribution is -2.44. The van der Waals surface area contributed by atoms with E-state index in [2.05, 4.69) is 20.3 Å². The molecule has 0 spiro atoms. The van der Waals surface area contributed by atoms with Crippen molar-refractivity contribution >= 4 is 22.9 Å². The van der Waals surface area contributed by atoms with Crippen molar-refractivity contribution in [2.75, 3.05) is 39.3 Å². The van der Waals surface area contributed by atoms with Crippen molar-refractivity contribution in [3.05, 3.63) is 6.33 Å². The van der Waals surface area contributed by atoms with Gasteiger partial charge in [-0.1, -0.05) is 0 Å². The summed E-state index contributed by atoms with van der Waals surface area (Å²) in [6, 6.07) is -0.0427. The second-order valence-electron chi connectivity index (χ2n) is 5.33. The highest BCUT2D eigenvalue weighted by Crippen LogP contribution is 2.33. The number of hydrogen-bond donors (Lipinski definition) is 3. The molecule has 0 radical (unpaired) electrons. The number of rotatable bonds is 5. The Morgan fingerprint density at radius 3 is 2.78 bits per heavy atom. The molecule has 0 aromatic carbocycles. The van der Waals surface area contributed by atoms with E-state index < -0.39 is 6.23 Å². The molecule has 2 aromatic rings. The van der Waals surface area contributed by atoms with Gasteiger partial charge in [0.05, 0.1) is 19.0 Å². The molecule has 0 saturated carbocycles. The first kappa shape index (κ1) is 15.9. The lowest BCUT2D eigenvalue weighted by molar-refractivity contribution is -0.0626. The summed E-state index contributed by atoms with van der Waals surface area (Å²) in [5, 5.41) is 3.22. The molecule has 23 heavy (non-hydrogen) atoms. The molecule has 1 aliphatic heterocycles. The zero-order valence-electron chi connectivity index (χ0n) is 13.3. The molecule has 1 aliphatic rings. The number of aromatic nitrogens is 4. The van der Waals surface area contributed by atoms with Gasteiger partial charge in [0.1, 0.15) is 17.7 Å². The molecule has 4 atom stereocenters. The van der Waals surface area contributed by atoms with E-state index in [1.807, 2.05) is 7.05 Å². The molecule has 1 saturated heterocycles. The minimum atomic E-state index is -0.434. The maximum Gasteiger partial charge on any atom is 0.224 e. The number of nitrogens with one attached hydrogen (secondary N) is 1. The van der Waals surface area contributed by atoms with Crippen molar-refractivity contribution in [1.29, 1.82) is 0 Å². The summed E-state index contributed by atoms with van der Waals surface area (Å²) in [6.07, 6.45) is 0.744. The SMILES string of the molecule is CNC1C(OC)[C@H](n2cnc3c(N)nc(N)nc32)O[C@@H]1COC. The number of nitrogen functional groups attached to an aromatic ring is 2. The molecule has 0 bridgehead atoms. The van der Waals surface area contributed by atoms with Crippen LogP contribution in [-0.4, -0.2) is 65.6 Å². The van der Waals surface area contributed by atoms with Crippen LogP contribution >= 0.6 is 0 Å². The molecule has 2 unspecified atom stereocenters. The van der Waals surface area contributed by atoms with Crippen LogP contribution in [0.25, 0.3) is 11.2 Å². The highest BCUT2D eigenvalue weighted by atomic mass is 16.6. The number of fused-ring (bicyclic) bond motifs is 1. The standard InChI is InChI=1S/C13H21N7O3/c1-16-7-6(4-21-2)23-12(9(7)22-3)20-5-17-8-10(14)18-13(15)19-11(8)20/h5-7,9,12,16H,4H2,1-3H3,(H4,14,15,18,19)/t6-,7?,9?,12-/m1/s1. The van der Waals surface area contributed by atoms with Gasteiger partial charge in [-0.15, -0.1) is 0 Å². The van der Waals surface area contributed by atoms with E-state index in [-0.39, 0.29) is 30.0 Å². The Kier molecular flexibility index (Phi) is 4.31. The quantitative estimate of drug-likeness (QED) is 0.642. The van der Waals surface area contributed by atoms with Crippen molar-refractivity contribution < 1.29 is 14.2 Å². The first-order chi connectivity index (χ1) is 11.1. The Morgan fingerprint density at radius 2 is 2.13 bits per heavy atom. The number of imidazole rings is 1. The van der Waals surface area contributed by atoms with E-state index in [4.69, 9.17) is 25.7 Å². The fraction of sp³-hybridized carbons (Fsp3) is 0.615. The second-order valence-corrected chi connectivity index (χ2v) is 5.33. The van der Waals surface area contributed by atoms with E-state index in [9.17, 15) is 0 Å². The third-order valence-electron chi connectivity index (χ3n) is 4.03. The van der Waals surface area contributed by atoms with Crippen LogP contribution in [0, 0.1) is 0 Å². The number of nitrogens with two attached hydrogens (primary N) is 2. The van der Waals surface area contributed by atoms with E-state index >= 15 is 0 Å². The maximum absolute atomic E-state index is 6.11. The van der Waals surface area contributed by atoms with E-state index in [0.717, 1.165) is 0 Å². The van der Waals surface area contributed by atoms with Gasteiger partial charge in [-0.05, 0) is 7.05 Å². The molecule has 0 amide bonds. The summed E-state index contributed by atoms with van der Waals surface area (Å²) in [5.41, 5.74) is 12.5. The number of methoxy groups -OCH3 is 2. The molecule has 0 aliphatic carbocycles. The largest absolute Gasteiger partial charge is 0.382 e. The number of nitrogens with zero attached hydrogens (tertiary/aromatic N) is 4. The van der Waals surface area contributed by atoms with Gasteiger partial charge in [-0.3, -0.25) is 4.57 Å². The monoisotopic (exact) mass is 323 g/mol. The summed E-state index contributed by atoms with van der Waals surface area (Å²) in [4.78, 5) is 12.4. The molecular weight excluding hydrogens is 302 g/mol. The minimum Gasteiger partial charge on any atom is -0.382 e. The van der Waals surface area contributed by atoms with Gasteiger partial charge in [0.15, 0.2) is 17.7 Å². The van der Waals surface area contributed by atoms with E-state index in [1.165, 1.54) is 0 Å². The summed E-state index contributed by atoms with van der Waals surface area (Å²) < 4.78 is 18.7. The molecular formula is C13H21N7O3. The van der Waals surface area contributed by atoms with Gasteiger partial charge in [0.25, 0.3) is 0 Å². The average Bonchev–Trinajstić information content (AvgIpc) is 3.08. The van der Waals surface area contributed by atoms with E-state index in [1.54, 1.807) is 25.1 Å². The zero-order chi connectivity index (χ0) is 16.6. The molecule has 3 rings (SSSR count). The molecule has 10 nitrogen and oxygen atoms in total. The first-order valence-corrected chi connectivity index (χ1v) is 7.20. The van der Waals surface area contributed by atoms with Crippen molar-refractivity contribution in [2.24, 2.45) is 0 Å². The first-order valence-electron chi connectivity index (χ1n) is 7.20. The van der Waals surface area contributed by atoms with Crippen molar-refractivity contribution in [3.8, 4) is 0 Å². The lowest BCUT2D eigenvalue weighted by atomic mass is 10.1. The van der Waals surface area contributed by atoms with Crippen LogP contribution in [0.2, 0.25) is 0 Å². The topological polar surface area (TPSA) is 135 Å².